The molecule has 0 fully saturated rings. The average Bonchev–Trinajstić information content (AvgIpc) is 2.60. The average molecular weight is 199 g/mol. The second-order valence-electron chi connectivity index (χ2n) is 2.53. The third kappa shape index (κ3) is 1.01. The molecule has 0 saturated carbocycles. The maximum Gasteiger partial charge on any atom is 0.346 e. The van der Waals surface area contributed by atoms with E-state index in [1.807, 2.05) is 0 Å². The van der Waals surface area contributed by atoms with Crippen LogP contribution in [0.2, 0.25) is 0 Å². The number of aromatic nitrogens is 2. The van der Waals surface area contributed by atoms with E-state index in [0.29, 0.717) is 5.01 Å². The van der Waals surface area contributed by atoms with Gasteiger partial charge in [0.15, 0.2) is 11.5 Å². The summed E-state index contributed by atoms with van der Waals surface area (Å²) >= 11 is 0. The van der Waals surface area contributed by atoms with Crippen LogP contribution < -0.4 is 16.7 Å². The first-order valence-electron chi connectivity index (χ1n) is 5.05. The van der Waals surface area contributed by atoms with Gasteiger partial charge in [0.25, 0.3) is 5.91 Å². The van der Waals surface area contributed by atoms with Gasteiger partial charge in [-0.2, -0.15) is 0 Å². The highest BCUT2D eigenvalue weighted by molar-refractivity contribution is 5.98. The van der Waals surface area contributed by atoms with Crippen molar-refractivity contribution in [2.75, 3.05) is 12.4 Å². The normalized spacial score (nSPS) is 19.0. The highest BCUT2D eigenvalue weighted by Crippen LogP contribution is 2.16. The van der Waals surface area contributed by atoms with E-state index in [0.717, 1.165) is 10.9 Å². The molecule has 0 aliphatic carbocycles. The SMILES string of the molecule is [2H]C([2H])([2H])N1NNc2c(C(N)=O)ncn2C1=O. The number of imidazole rings is 1. The number of primary amides is 1. The monoisotopic (exact) mass is 199 g/mol. The molecule has 1 aromatic heterocycles. The third-order valence-electron chi connectivity index (χ3n) is 1.68. The Morgan fingerprint density at radius 2 is 2.57 bits per heavy atom. The quantitative estimate of drug-likeness (QED) is 0.522. The lowest BCUT2D eigenvalue weighted by molar-refractivity contribution is 0.0996. The summed E-state index contributed by atoms with van der Waals surface area (Å²) < 4.78 is 22.2. The lowest BCUT2D eigenvalue weighted by Gasteiger charge is -2.25. The van der Waals surface area contributed by atoms with Crippen LogP contribution in [0.15, 0.2) is 6.33 Å². The predicted molar refractivity (Wildman–Crippen MR) is 46.1 cm³/mol. The minimum atomic E-state index is -2.67. The van der Waals surface area contributed by atoms with Crippen molar-refractivity contribution in [2.45, 2.75) is 0 Å². The molecule has 0 aromatic carbocycles. The Morgan fingerprint density at radius 1 is 1.79 bits per heavy atom. The van der Waals surface area contributed by atoms with Crippen molar-refractivity contribution in [1.82, 2.24) is 20.1 Å². The molecular formula is C6H8N6O2. The molecule has 2 rings (SSSR count). The predicted octanol–water partition coefficient (Wildman–Crippen LogP) is -1.27. The molecule has 14 heavy (non-hydrogen) atoms. The van der Waals surface area contributed by atoms with Crippen LogP contribution in [-0.4, -0.2) is 33.5 Å². The van der Waals surface area contributed by atoms with Crippen molar-refractivity contribution in [3.05, 3.63) is 12.0 Å². The van der Waals surface area contributed by atoms with E-state index < -0.39 is 18.9 Å². The maximum atomic E-state index is 11.7. The molecule has 1 aliphatic heterocycles. The molecule has 0 unspecified atom stereocenters. The molecule has 4 N–H and O–H groups in total. The number of carbonyl (C=O) groups excluding carboxylic acids is 2. The second kappa shape index (κ2) is 2.70. The fourth-order valence-corrected chi connectivity index (χ4v) is 1.06. The molecule has 1 aliphatic rings. The molecule has 8 nitrogen and oxygen atoms in total. The summed E-state index contributed by atoms with van der Waals surface area (Å²) in [6.45, 7) is -2.67. The summed E-state index contributed by atoms with van der Waals surface area (Å²) in [5.74, 6) is -0.828. The number of rotatable bonds is 1. The van der Waals surface area contributed by atoms with Crippen LogP contribution in [0.5, 0.6) is 0 Å². The molecule has 1 aromatic rings. The van der Waals surface area contributed by atoms with Crippen LogP contribution >= 0.6 is 0 Å². The van der Waals surface area contributed by atoms with Crippen molar-refractivity contribution >= 4 is 17.8 Å². The number of hydrogen-bond donors (Lipinski definition) is 3. The van der Waals surface area contributed by atoms with Crippen molar-refractivity contribution in [3.63, 3.8) is 0 Å². The van der Waals surface area contributed by atoms with Gasteiger partial charge in [-0.1, -0.05) is 0 Å². The summed E-state index contributed by atoms with van der Waals surface area (Å²) in [7, 11) is 0. The van der Waals surface area contributed by atoms with Gasteiger partial charge in [-0.3, -0.25) is 10.2 Å². The summed E-state index contributed by atoms with van der Waals surface area (Å²) in [5, 5.41) is 0.395. The molecule has 0 bridgehead atoms. The van der Waals surface area contributed by atoms with Crippen LogP contribution in [0.4, 0.5) is 10.6 Å². The van der Waals surface area contributed by atoms with Crippen LogP contribution in [0.3, 0.4) is 0 Å². The number of fused-ring (bicyclic) bond motifs is 1. The number of nitrogens with two attached hydrogens (primary N) is 1. The third-order valence-corrected chi connectivity index (χ3v) is 1.68. The van der Waals surface area contributed by atoms with Gasteiger partial charge in [-0.25, -0.2) is 19.4 Å². The Morgan fingerprint density at radius 3 is 3.21 bits per heavy atom. The topological polar surface area (TPSA) is 105 Å². The van der Waals surface area contributed by atoms with E-state index in [2.05, 4.69) is 15.9 Å². The van der Waals surface area contributed by atoms with E-state index in [1.165, 1.54) is 0 Å². The molecule has 0 spiro atoms. The first-order valence-corrected chi connectivity index (χ1v) is 3.55. The first-order chi connectivity index (χ1) is 7.82. The number of carbonyl (C=O) groups is 2. The Labute approximate surface area is 82.8 Å². The maximum absolute atomic E-state index is 11.7. The largest absolute Gasteiger partial charge is 0.364 e. The van der Waals surface area contributed by atoms with E-state index >= 15 is 0 Å². The number of nitrogens with one attached hydrogen (secondary N) is 2. The number of nitrogens with zero attached hydrogens (tertiary/aromatic N) is 3. The summed E-state index contributed by atoms with van der Waals surface area (Å²) in [6.07, 6.45) is 1.02. The molecule has 8 heteroatoms. The van der Waals surface area contributed by atoms with E-state index in [1.54, 1.807) is 0 Å². The Balaban J connectivity index is 2.42. The van der Waals surface area contributed by atoms with Crippen molar-refractivity contribution in [1.29, 1.82) is 0 Å². The Kier molecular flexibility index (Phi) is 1.08. The fourth-order valence-electron chi connectivity index (χ4n) is 1.06. The zero-order valence-corrected chi connectivity index (χ0v) is 6.81. The number of hydrazine groups is 2. The molecular weight excluding hydrogens is 188 g/mol. The molecule has 0 atom stereocenters. The lowest BCUT2D eigenvalue weighted by Crippen LogP contribution is -2.50. The van der Waals surface area contributed by atoms with Gasteiger partial charge < -0.3 is 5.73 Å². The van der Waals surface area contributed by atoms with Gasteiger partial charge in [0.2, 0.25) is 0 Å². The van der Waals surface area contributed by atoms with Crippen LogP contribution in [0.1, 0.15) is 14.6 Å². The molecule has 0 saturated heterocycles. The smallest absolute Gasteiger partial charge is 0.346 e. The van der Waals surface area contributed by atoms with Gasteiger partial charge in [-0.15, -0.1) is 5.53 Å². The number of amides is 2. The van der Waals surface area contributed by atoms with Gasteiger partial charge in [0, 0.05) is 11.1 Å². The summed E-state index contributed by atoms with van der Waals surface area (Å²) in [5.41, 5.74) is 9.40. The zero-order valence-electron chi connectivity index (χ0n) is 9.81. The fraction of sp³-hybridized carbons (Fsp3) is 0.167. The van der Waals surface area contributed by atoms with Crippen molar-refractivity contribution in [3.8, 4) is 0 Å². The van der Waals surface area contributed by atoms with Gasteiger partial charge in [-0.05, 0) is 0 Å². The van der Waals surface area contributed by atoms with E-state index in [-0.39, 0.29) is 11.5 Å². The highest BCUT2D eigenvalue weighted by atomic mass is 16.2. The van der Waals surface area contributed by atoms with Crippen molar-refractivity contribution < 1.29 is 13.7 Å². The second-order valence-corrected chi connectivity index (χ2v) is 2.53. The molecule has 2 amide bonds. The van der Waals surface area contributed by atoms with Crippen LogP contribution in [0.25, 0.3) is 0 Å². The Bertz CT molecular complexity index is 494. The standard InChI is InChI=1S/C6H8N6O2/c1-11-6(14)12-2-8-3(4(7)13)5(12)9-10-11/h2,9-10H,1H3,(H2,7,13)/i1D3. The zero-order chi connectivity index (χ0) is 12.8. The molecule has 0 radical (unpaired) electrons. The lowest BCUT2D eigenvalue weighted by atomic mass is 10.4. The van der Waals surface area contributed by atoms with Crippen LogP contribution in [0, 0.1) is 0 Å². The Hall–Kier alpha value is -2.09. The van der Waals surface area contributed by atoms with Gasteiger partial charge in [0.1, 0.15) is 6.33 Å². The first kappa shape index (κ1) is 5.60. The minimum absolute atomic E-state index is 0.00278. The summed E-state index contributed by atoms with van der Waals surface area (Å²) in [6, 6.07) is -0.890. The highest BCUT2D eigenvalue weighted by Gasteiger charge is 2.25. The van der Waals surface area contributed by atoms with Gasteiger partial charge >= 0.3 is 6.03 Å². The van der Waals surface area contributed by atoms with E-state index in [4.69, 9.17) is 9.85 Å². The molecule has 74 valence electrons. The minimum Gasteiger partial charge on any atom is -0.364 e. The van der Waals surface area contributed by atoms with Crippen LogP contribution in [-0.2, 0) is 0 Å². The van der Waals surface area contributed by atoms with Crippen molar-refractivity contribution in [2.24, 2.45) is 5.73 Å². The summed E-state index contributed by atoms with van der Waals surface area (Å²) in [4.78, 5) is 26.3. The number of hydrogen-bond acceptors (Lipinski definition) is 5. The number of anilines is 1. The van der Waals surface area contributed by atoms with Gasteiger partial charge in [0.05, 0.1) is 0 Å². The van der Waals surface area contributed by atoms with E-state index in [9.17, 15) is 9.59 Å². The molecule has 2 heterocycles.